The fraction of sp³-hybridized carbons (Fsp3) is 0.250. The number of allylic oxidation sites excluding steroid dienone is 1. The topological polar surface area (TPSA) is 43.1 Å². The molecule has 0 atom stereocenters. The van der Waals surface area contributed by atoms with E-state index in [1.54, 1.807) is 6.07 Å². The monoisotopic (exact) mass is 187 g/mol. The first-order valence-corrected chi connectivity index (χ1v) is 4.86. The highest BCUT2D eigenvalue weighted by Gasteiger charge is 2.06. The van der Waals surface area contributed by atoms with E-state index in [1.807, 2.05) is 12.1 Å². The van der Waals surface area contributed by atoms with E-state index >= 15 is 0 Å². The van der Waals surface area contributed by atoms with Crippen LogP contribution in [-0.2, 0) is 6.42 Å². The molecule has 0 heterocycles. The lowest BCUT2D eigenvalue weighted by Crippen LogP contribution is -2.11. The summed E-state index contributed by atoms with van der Waals surface area (Å²) in [4.78, 5) is 11.0. The minimum absolute atomic E-state index is 0.346. The highest BCUT2D eigenvalue weighted by molar-refractivity contribution is 5.93. The number of carbonyl (C=O) groups is 1. The molecule has 1 aromatic rings. The molecule has 1 aliphatic carbocycles. The summed E-state index contributed by atoms with van der Waals surface area (Å²) in [7, 11) is 0. The summed E-state index contributed by atoms with van der Waals surface area (Å²) < 4.78 is 0. The fourth-order valence-corrected chi connectivity index (χ4v) is 1.76. The van der Waals surface area contributed by atoms with Crippen molar-refractivity contribution >= 4 is 12.0 Å². The summed E-state index contributed by atoms with van der Waals surface area (Å²) in [6, 6.07) is 5.67. The van der Waals surface area contributed by atoms with Crippen molar-refractivity contribution in [3.63, 3.8) is 0 Å². The molecule has 0 unspecified atom stereocenters. The van der Waals surface area contributed by atoms with Crippen molar-refractivity contribution in [1.82, 2.24) is 0 Å². The van der Waals surface area contributed by atoms with Crippen molar-refractivity contribution in [2.24, 2.45) is 5.73 Å². The molecular formula is C12H13NO. The van der Waals surface area contributed by atoms with Gasteiger partial charge in [-0.2, -0.15) is 0 Å². The molecule has 0 radical (unpaired) electrons. The first-order chi connectivity index (χ1) is 6.77. The molecule has 0 saturated carbocycles. The number of benzene rings is 1. The van der Waals surface area contributed by atoms with Gasteiger partial charge in [0, 0.05) is 5.56 Å². The van der Waals surface area contributed by atoms with Gasteiger partial charge < -0.3 is 5.73 Å². The Morgan fingerprint density at radius 1 is 1.36 bits per heavy atom. The van der Waals surface area contributed by atoms with Crippen LogP contribution in [0.25, 0.3) is 6.08 Å². The number of carbonyl (C=O) groups excluding carboxylic acids is 1. The number of aryl methyl sites for hydroxylation is 1. The molecule has 1 amide bonds. The van der Waals surface area contributed by atoms with Crippen LogP contribution in [0, 0.1) is 0 Å². The van der Waals surface area contributed by atoms with Crippen LogP contribution < -0.4 is 5.73 Å². The molecule has 0 aliphatic heterocycles. The number of rotatable bonds is 1. The lowest BCUT2D eigenvalue weighted by atomic mass is 10.0. The maximum absolute atomic E-state index is 11.0. The molecule has 2 heteroatoms. The van der Waals surface area contributed by atoms with Crippen LogP contribution in [0.15, 0.2) is 24.3 Å². The Labute approximate surface area is 83.4 Å². The van der Waals surface area contributed by atoms with Crippen LogP contribution in [0.4, 0.5) is 0 Å². The van der Waals surface area contributed by atoms with Crippen molar-refractivity contribution in [2.45, 2.75) is 19.3 Å². The number of nitrogens with two attached hydrogens (primary N) is 1. The van der Waals surface area contributed by atoms with Crippen LogP contribution in [0.2, 0.25) is 0 Å². The van der Waals surface area contributed by atoms with Crippen LogP contribution in [-0.4, -0.2) is 5.91 Å². The zero-order chi connectivity index (χ0) is 9.97. The molecular weight excluding hydrogens is 174 g/mol. The summed E-state index contributed by atoms with van der Waals surface area (Å²) >= 11 is 0. The third-order valence-electron chi connectivity index (χ3n) is 2.54. The van der Waals surface area contributed by atoms with E-state index in [9.17, 15) is 4.79 Å². The first kappa shape index (κ1) is 9.00. The molecule has 0 spiro atoms. The lowest BCUT2D eigenvalue weighted by molar-refractivity contribution is 0.1000. The molecule has 0 saturated heterocycles. The quantitative estimate of drug-likeness (QED) is 0.719. The van der Waals surface area contributed by atoms with Gasteiger partial charge in [-0.3, -0.25) is 4.79 Å². The van der Waals surface area contributed by atoms with E-state index in [0.29, 0.717) is 5.56 Å². The Kier molecular flexibility index (Phi) is 2.35. The number of hydrogen-bond donors (Lipinski definition) is 1. The third-order valence-corrected chi connectivity index (χ3v) is 2.54. The molecule has 2 N–H and O–H groups in total. The summed E-state index contributed by atoms with van der Waals surface area (Å²) in [5.41, 5.74) is 8.29. The van der Waals surface area contributed by atoms with E-state index in [-0.39, 0.29) is 5.91 Å². The summed E-state index contributed by atoms with van der Waals surface area (Å²) in [5.74, 6) is -0.346. The Bertz CT molecular complexity index is 393. The highest BCUT2D eigenvalue weighted by atomic mass is 16.1. The second kappa shape index (κ2) is 3.66. The Balaban J connectivity index is 2.44. The van der Waals surface area contributed by atoms with Crippen LogP contribution in [0.1, 0.15) is 34.3 Å². The predicted octanol–water partition coefficient (Wildman–Crippen LogP) is 2.13. The summed E-state index contributed by atoms with van der Waals surface area (Å²) in [6.45, 7) is 0. The molecule has 72 valence electrons. The van der Waals surface area contributed by atoms with Crippen LogP contribution in [0.5, 0.6) is 0 Å². The van der Waals surface area contributed by atoms with Crippen molar-refractivity contribution in [1.29, 1.82) is 0 Å². The number of fused-ring (bicyclic) bond motifs is 1. The minimum Gasteiger partial charge on any atom is -0.366 e. The lowest BCUT2D eigenvalue weighted by Gasteiger charge is -2.04. The molecule has 1 aliphatic rings. The van der Waals surface area contributed by atoms with Crippen molar-refractivity contribution < 1.29 is 4.79 Å². The van der Waals surface area contributed by atoms with Crippen LogP contribution in [0.3, 0.4) is 0 Å². The summed E-state index contributed by atoms with van der Waals surface area (Å²) in [5, 5.41) is 0. The van der Waals surface area contributed by atoms with E-state index in [2.05, 4.69) is 12.2 Å². The van der Waals surface area contributed by atoms with Gasteiger partial charge in [0.1, 0.15) is 0 Å². The van der Waals surface area contributed by atoms with Gasteiger partial charge in [0.15, 0.2) is 0 Å². The number of amides is 1. The zero-order valence-corrected chi connectivity index (χ0v) is 7.99. The maximum Gasteiger partial charge on any atom is 0.248 e. The van der Waals surface area contributed by atoms with Crippen molar-refractivity contribution in [3.8, 4) is 0 Å². The zero-order valence-electron chi connectivity index (χ0n) is 7.99. The fourth-order valence-electron chi connectivity index (χ4n) is 1.76. The Morgan fingerprint density at radius 3 is 3.00 bits per heavy atom. The van der Waals surface area contributed by atoms with Gasteiger partial charge in [-0.15, -0.1) is 0 Å². The molecule has 0 bridgehead atoms. The van der Waals surface area contributed by atoms with E-state index in [4.69, 9.17) is 5.73 Å². The molecule has 0 fully saturated rings. The standard InChI is InChI=1S/C12H13NO/c13-12(14)11-7-6-9-4-2-1-3-5-10(9)8-11/h2,4,6-8H,1,3,5H2,(H2,13,14). The molecule has 14 heavy (non-hydrogen) atoms. The first-order valence-electron chi connectivity index (χ1n) is 4.86. The number of hydrogen-bond acceptors (Lipinski definition) is 1. The van der Waals surface area contributed by atoms with Gasteiger partial charge in [0.05, 0.1) is 0 Å². The molecule has 2 nitrogen and oxygen atoms in total. The van der Waals surface area contributed by atoms with E-state index in [1.165, 1.54) is 11.1 Å². The van der Waals surface area contributed by atoms with Gasteiger partial charge in [0.25, 0.3) is 0 Å². The molecule has 1 aromatic carbocycles. The van der Waals surface area contributed by atoms with Crippen molar-refractivity contribution in [2.75, 3.05) is 0 Å². The molecule has 2 rings (SSSR count). The van der Waals surface area contributed by atoms with E-state index < -0.39 is 0 Å². The molecule has 0 aromatic heterocycles. The van der Waals surface area contributed by atoms with Gasteiger partial charge in [0.2, 0.25) is 5.91 Å². The van der Waals surface area contributed by atoms with E-state index in [0.717, 1.165) is 19.3 Å². The average molecular weight is 187 g/mol. The van der Waals surface area contributed by atoms with Crippen molar-refractivity contribution in [3.05, 3.63) is 41.0 Å². The highest BCUT2D eigenvalue weighted by Crippen LogP contribution is 2.19. The third kappa shape index (κ3) is 1.69. The van der Waals surface area contributed by atoms with Gasteiger partial charge in [-0.1, -0.05) is 18.2 Å². The average Bonchev–Trinajstić information content (AvgIpc) is 2.41. The second-order valence-corrected chi connectivity index (χ2v) is 3.57. The Hall–Kier alpha value is -1.57. The number of primary amides is 1. The normalized spacial score (nSPS) is 14.6. The van der Waals surface area contributed by atoms with Crippen LogP contribution >= 0.6 is 0 Å². The maximum atomic E-state index is 11.0. The summed E-state index contributed by atoms with van der Waals surface area (Å²) in [6.07, 6.45) is 7.58. The SMILES string of the molecule is NC(=O)c1ccc2c(c1)CCCC=C2. The largest absolute Gasteiger partial charge is 0.366 e. The van der Waals surface area contributed by atoms with Gasteiger partial charge >= 0.3 is 0 Å². The predicted molar refractivity (Wildman–Crippen MR) is 56.9 cm³/mol. The minimum atomic E-state index is -0.346. The van der Waals surface area contributed by atoms with Gasteiger partial charge in [-0.25, -0.2) is 0 Å². The second-order valence-electron chi connectivity index (χ2n) is 3.57. The smallest absolute Gasteiger partial charge is 0.248 e. The van der Waals surface area contributed by atoms with Gasteiger partial charge in [-0.05, 0) is 42.5 Å². The Morgan fingerprint density at radius 2 is 2.21 bits per heavy atom.